The van der Waals surface area contributed by atoms with Crippen LogP contribution in [-0.4, -0.2) is 20.0 Å². The van der Waals surface area contributed by atoms with Gasteiger partial charge in [-0.1, -0.05) is 30.3 Å². The topological polar surface area (TPSA) is 101 Å². The van der Waals surface area contributed by atoms with Gasteiger partial charge in [0.15, 0.2) is 11.6 Å². The average molecular weight is 322 g/mol. The number of benzene rings is 2. The highest BCUT2D eigenvalue weighted by Gasteiger charge is 2.14. The van der Waals surface area contributed by atoms with Crippen LogP contribution in [0.5, 0.6) is 5.75 Å². The third-order valence-electron chi connectivity index (χ3n) is 3.33. The Morgan fingerprint density at radius 2 is 1.83 bits per heavy atom. The molecular formula is C17H14N4O3. The second-order valence-electron chi connectivity index (χ2n) is 5.17. The van der Waals surface area contributed by atoms with E-state index in [1.54, 1.807) is 12.1 Å². The van der Waals surface area contributed by atoms with E-state index in [1.807, 2.05) is 37.3 Å². The molecule has 7 heteroatoms. The Bertz CT molecular complexity index is 898. The van der Waals surface area contributed by atoms with Gasteiger partial charge in [-0.3, -0.25) is 10.1 Å². The highest BCUT2D eigenvalue weighted by atomic mass is 16.6. The maximum atomic E-state index is 10.9. The van der Waals surface area contributed by atoms with Crippen molar-refractivity contribution >= 4 is 17.2 Å². The van der Waals surface area contributed by atoms with Gasteiger partial charge in [-0.25, -0.2) is 9.97 Å². The van der Waals surface area contributed by atoms with Gasteiger partial charge in [0.2, 0.25) is 0 Å². The van der Waals surface area contributed by atoms with Gasteiger partial charge in [-0.15, -0.1) is 0 Å². The molecule has 0 aliphatic heterocycles. The largest absolute Gasteiger partial charge is 0.502 e. The number of nitrogens with one attached hydrogen (secondary N) is 1. The van der Waals surface area contributed by atoms with Crippen molar-refractivity contribution in [3.63, 3.8) is 0 Å². The van der Waals surface area contributed by atoms with E-state index in [1.165, 1.54) is 12.1 Å². The molecular weight excluding hydrogens is 308 g/mol. The highest BCUT2D eigenvalue weighted by Crippen LogP contribution is 2.30. The Kier molecular flexibility index (Phi) is 4.07. The van der Waals surface area contributed by atoms with E-state index in [0.717, 1.165) is 11.3 Å². The van der Waals surface area contributed by atoms with Gasteiger partial charge >= 0.3 is 5.69 Å². The molecule has 0 spiro atoms. The van der Waals surface area contributed by atoms with Gasteiger partial charge in [0.25, 0.3) is 0 Å². The van der Waals surface area contributed by atoms with Crippen LogP contribution in [0.1, 0.15) is 5.69 Å². The van der Waals surface area contributed by atoms with Crippen LogP contribution in [0.3, 0.4) is 0 Å². The lowest BCUT2D eigenvalue weighted by Gasteiger charge is -2.09. The van der Waals surface area contributed by atoms with Crippen molar-refractivity contribution < 1.29 is 10.0 Å². The number of nitro benzene ring substituents is 1. The SMILES string of the molecule is Cc1cc(Nc2ccc(O)c([N+](=O)[O-])c2)nc(-c2ccccc2)n1. The molecule has 0 radical (unpaired) electrons. The van der Waals surface area contributed by atoms with Crippen LogP contribution >= 0.6 is 0 Å². The van der Waals surface area contributed by atoms with Crippen LogP contribution in [0.4, 0.5) is 17.2 Å². The van der Waals surface area contributed by atoms with Gasteiger partial charge in [-0.2, -0.15) is 0 Å². The summed E-state index contributed by atoms with van der Waals surface area (Å²) in [6.45, 7) is 1.85. The standard InChI is InChI=1S/C17H14N4O3/c1-11-9-16(20-17(18-11)12-5-3-2-4-6-12)19-13-7-8-15(22)14(10-13)21(23)24/h2-10,22H,1H3,(H,18,19,20). The van der Waals surface area contributed by atoms with Crippen LogP contribution in [-0.2, 0) is 0 Å². The molecule has 0 atom stereocenters. The van der Waals surface area contributed by atoms with Crippen LogP contribution < -0.4 is 5.32 Å². The smallest absolute Gasteiger partial charge is 0.312 e. The summed E-state index contributed by atoms with van der Waals surface area (Å²) >= 11 is 0. The van der Waals surface area contributed by atoms with E-state index in [2.05, 4.69) is 15.3 Å². The normalized spacial score (nSPS) is 10.4. The summed E-state index contributed by atoms with van der Waals surface area (Å²) < 4.78 is 0. The minimum Gasteiger partial charge on any atom is -0.502 e. The number of hydrogen-bond acceptors (Lipinski definition) is 6. The summed E-state index contributed by atoms with van der Waals surface area (Å²) in [7, 11) is 0. The Morgan fingerprint density at radius 1 is 1.08 bits per heavy atom. The number of hydrogen-bond donors (Lipinski definition) is 2. The molecule has 0 saturated heterocycles. The van der Waals surface area contributed by atoms with E-state index >= 15 is 0 Å². The first-order valence-corrected chi connectivity index (χ1v) is 7.18. The molecule has 2 aromatic carbocycles. The molecule has 0 bridgehead atoms. The van der Waals surface area contributed by atoms with Crippen molar-refractivity contribution in [2.75, 3.05) is 5.32 Å². The fourth-order valence-corrected chi connectivity index (χ4v) is 2.24. The third kappa shape index (κ3) is 3.30. The molecule has 0 aliphatic rings. The lowest BCUT2D eigenvalue weighted by Crippen LogP contribution is -1.99. The molecule has 1 aromatic heterocycles. The van der Waals surface area contributed by atoms with Crippen LogP contribution in [0.15, 0.2) is 54.6 Å². The summed E-state index contributed by atoms with van der Waals surface area (Å²) in [6.07, 6.45) is 0. The van der Waals surface area contributed by atoms with E-state index in [9.17, 15) is 15.2 Å². The molecule has 2 N–H and O–H groups in total. The Balaban J connectivity index is 1.95. The van der Waals surface area contributed by atoms with Crippen molar-refractivity contribution in [3.05, 3.63) is 70.4 Å². The second-order valence-corrected chi connectivity index (χ2v) is 5.17. The second kappa shape index (κ2) is 6.33. The molecule has 7 nitrogen and oxygen atoms in total. The Labute approximate surface area is 137 Å². The number of aromatic nitrogens is 2. The molecule has 0 fully saturated rings. The van der Waals surface area contributed by atoms with Crippen molar-refractivity contribution in [2.45, 2.75) is 6.92 Å². The van der Waals surface area contributed by atoms with Gasteiger partial charge in [0.05, 0.1) is 4.92 Å². The predicted octanol–water partition coefficient (Wildman–Crippen LogP) is 3.81. The van der Waals surface area contributed by atoms with Gasteiger partial charge in [-0.05, 0) is 19.1 Å². The molecule has 120 valence electrons. The van der Waals surface area contributed by atoms with Crippen molar-refractivity contribution in [3.8, 4) is 17.1 Å². The van der Waals surface area contributed by atoms with E-state index in [0.29, 0.717) is 17.3 Å². The minimum absolute atomic E-state index is 0.367. The number of rotatable bonds is 4. The quantitative estimate of drug-likeness (QED) is 0.430. The summed E-state index contributed by atoms with van der Waals surface area (Å²) in [6, 6.07) is 15.3. The van der Waals surface area contributed by atoms with E-state index in [-0.39, 0.29) is 11.4 Å². The molecule has 0 aliphatic carbocycles. The van der Waals surface area contributed by atoms with Crippen LogP contribution in [0.25, 0.3) is 11.4 Å². The molecule has 24 heavy (non-hydrogen) atoms. The zero-order valence-corrected chi connectivity index (χ0v) is 12.8. The molecule has 0 unspecified atom stereocenters. The number of nitrogens with zero attached hydrogens (tertiary/aromatic N) is 3. The number of phenols is 1. The molecule has 3 rings (SSSR count). The zero-order valence-electron chi connectivity index (χ0n) is 12.8. The Morgan fingerprint density at radius 3 is 2.54 bits per heavy atom. The zero-order chi connectivity index (χ0) is 17.1. The van der Waals surface area contributed by atoms with Crippen LogP contribution in [0.2, 0.25) is 0 Å². The van der Waals surface area contributed by atoms with E-state index < -0.39 is 4.92 Å². The third-order valence-corrected chi connectivity index (χ3v) is 3.33. The molecule has 3 aromatic rings. The minimum atomic E-state index is -0.638. The van der Waals surface area contributed by atoms with Crippen molar-refractivity contribution in [2.24, 2.45) is 0 Å². The van der Waals surface area contributed by atoms with Crippen molar-refractivity contribution in [1.82, 2.24) is 9.97 Å². The van der Waals surface area contributed by atoms with Gasteiger partial charge in [0, 0.05) is 29.1 Å². The lowest BCUT2D eigenvalue weighted by molar-refractivity contribution is -0.385. The first kappa shape index (κ1) is 15.4. The van der Waals surface area contributed by atoms with Gasteiger partial charge < -0.3 is 10.4 Å². The monoisotopic (exact) mass is 322 g/mol. The number of phenolic OH excluding ortho intramolecular Hbond substituents is 1. The van der Waals surface area contributed by atoms with Crippen molar-refractivity contribution in [1.29, 1.82) is 0 Å². The average Bonchev–Trinajstić information content (AvgIpc) is 2.56. The number of anilines is 2. The fraction of sp³-hybridized carbons (Fsp3) is 0.0588. The summed E-state index contributed by atoms with van der Waals surface area (Å²) in [5.74, 6) is 0.696. The highest BCUT2D eigenvalue weighted by molar-refractivity contribution is 5.65. The maximum Gasteiger partial charge on any atom is 0.312 e. The Hall–Kier alpha value is -3.48. The maximum absolute atomic E-state index is 10.9. The number of nitro groups is 1. The molecule has 1 heterocycles. The van der Waals surface area contributed by atoms with E-state index in [4.69, 9.17) is 0 Å². The molecule has 0 amide bonds. The van der Waals surface area contributed by atoms with Gasteiger partial charge in [0.1, 0.15) is 5.82 Å². The number of aromatic hydroxyl groups is 1. The predicted molar refractivity (Wildman–Crippen MR) is 90.2 cm³/mol. The van der Waals surface area contributed by atoms with Crippen LogP contribution in [0, 0.1) is 17.0 Å². The number of aryl methyl sites for hydroxylation is 1. The lowest BCUT2D eigenvalue weighted by atomic mass is 10.2. The first-order chi connectivity index (χ1) is 11.5. The summed E-state index contributed by atoms with van der Waals surface area (Å²) in [5, 5.41) is 23.4. The summed E-state index contributed by atoms with van der Waals surface area (Å²) in [4.78, 5) is 19.1. The fourth-order valence-electron chi connectivity index (χ4n) is 2.24. The summed E-state index contributed by atoms with van der Waals surface area (Å²) in [5.41, 5.74) is 1.73. The first-order valence-electron chi connectivity index (χ1n) is 7.18. The molecule has 0 saturated carbocycles.